The minimum Gasteiger partial charge on any atom is -0.328 e. The Balaban J connectivity index is 2.07. The molecule has 0 saturated carbocycles. The van der Waals surface area contributed by atoms with Crippen molar-refractivity contribution in [1.29, 1.82) is 0 Å². The van der Waals surface area contributed by atoms with E-state index in [4.69, 9.17) is 35.4 Å². The maximum atomic E-state index is 12.7. The highest BCUT2D eigenvalue weighted by Crippen LogP contribution is 2.47. The van der Waals surface area contributed by atoms with Crippen molar-refractivity contribution in [1.82, 2.24) is 4.90 Å². The van der Waals surface area contributed by atoms with E-state index in [1.54, 1.807) is 12.1 Å². The molecule has 1 aromatic rings. The van der Waals surface area contributed by atoms with Crippen molar-refractivity contribution in [3.63, 3.8) is 0 Å². The Labute approximate surface area is 159 Å². The molecular weight excluding hydrogens is 389 g/mol. The quantitative estimate of drug-likeness (QED) is 0.558. The van der Waals surface area contributed by atoms with Crippen LogP contribution in [0.15, 0.2) is 22.9 Å². The number of rotatable bonds is 2. The third-order valence-corrected chi connectivity index (χ3v) is 5.96. The van der Waals surface area contributed by atoms with Crippen molar-refractivity contribution in [3.8, 4) is 0 Å². The van der Waals surface area contributed by atoms with Crippen LogP contribution in [0.3, 0.4) is 0 Å². The SMILES string of the molecule is CC(=O)CN1C(=O)C(=C2N(C)c3cc(Cl)c(Cl)cc3N2C)SC1=S. The molecule has 0 unspecified atom stereocenters. The summed E-state index contributed by atoms with van der Waals surface area (Å²) >= 11 is 18.7. The van der Waals surface area contributed by atoms with E-state index < -0.39 is 0 Å². The van der Waals surface area contributed by atoms with Crippen molar-refractivity contribution in [2.75, 3.05) is 30.4 Å². The molecule has 0 atom stereocenters. The number of halogens is 2. The molecule has 1 amide bonds. The van der Waals surface area contributed by atoms with Gasteiger partial charge in [-0.1, -0.05) is 47.2 Å². The predicted molar refractivity (Wildman–Crippen MR) is 103 cm³/mol. The molecule has 0 spiro atoms. The highest BCUT2D eigenvalue weighted by atomic mass is 35.5. The van der Waals surface area contributed by atoms with Crippen molar-refractivity contribution < 1.29 is 9.59 Å². The molecular formula is C15H13Cl2N3O2S2. The Kier molecular flexibility index (Phi) is 4.55. The molecule has 3 rings (SSSR count). The molecule has 126 valence electrons. The summed E-state index contributed by atoms with van der Waals surface area (Å²) in [6.07, 6.45) is 0. The third kappa shape index (κ3) is 2.69. The first kappa shape index (κ1) is 17.5. The van der Waals surface area contributed by atoms with E-state index >= 15 is 0 Å². The summed E-state index contributed by atoms with van der Waals surface area (Å²) in [5.41, 5.74) is 1.69. The minimum atomic E-state index is -0.265. The summed E-state index contributed by atoms with van der Waals surface area (Å²) in [6.45, 7) is 1.42. The Bertz CT molecular complexity index is 788. The number of hydrogen-bond acceptors (Lipinski definition) is 6. The van der Waals surface area contributed by atoms with E-state index in [0.717, 1.165) is 11.4 Å². The van der Waals surface area contributed by atoms with Crippen molar-refractivity contribution in [3.05, 3.63) is 32.9 Å². The van der Waals surface area contributed by atoms with E-state index in [2.05, 4.69) is 0 Å². The van der Waals surface area contributed by atoms with Gasteiger partial charge in [-0.25, -0.2) is 0 Å². The van der Waals surface area contributed by atoms with E-state index in [1.165, 1.54) is 23.6 Å². The zero-order valence-corrected chi connectivity index (χ0v) is 16.2. The number of thioether (sulfide) groups is 1. The molecule has 0 aliphatic carbocycles. The van der Waals surface area contributed by atoms with Crippen LogP contribution < -0.4 is 9.80 Å². The van der Waals surface area contributed by atoms with E-state index in [-0.39, 0.29) is 18.2 Å². The zero-order valence-electron chi connectivity index (χ0n) is 13.1. The monoisotopic (exact) mass is 401 g/mol. The summed E-state index contributed by atoms with van der Waals surface area (Å²) < 4.78 is 0.381. The smallest absolute Gasteiger partial charge is 0.270 e. The number of ketones is 1. The van der Waals surface area contributed by atoms with Gasteiger partial charge < -0.3 is 9.80 Å². The molecule has 2 aliphatic heterocycles. The second kappa shape index (κ2) is 6.22. The average Bonchev–Trinajstić information content (AvgIpc) is 2.89. The van der Waals surface area contributed by atoms with Gasteiger partial charge in [0.15, 0.2) is 0 Å². The van der Waals surface area contributed by atoms with Gasteiger partial charge in [0, 0.05) is 14.1 Å². The van der Waals surface area contributed by atoms with Crippen LogP contribution in [-0.2, 0) is 9.59 Å². The van der Waals surface area contributed by atoms with Crippen LogP contribution in [0.2, 0.25) is 10.0 Å². The molecule has 5 nitrogen and oxygen atoms in total. The second-order valence-electron chi connectivity index (χ2n) is 5.49. The zero-order chi connectivity index (χ0) is 17.8. The first-order chi connectivity index (χ1) is 11.2. The lowest BCUT2D eigenvalue weighted by Gasteiger charge is -2.20. The molecule has 0 N–H and O–H groups in total. The minimum absolute atomic E-state index is 0.0144. The lowest BCUT2D eigenvalue weighted by atomic mass is 10.2. The Morgan fingerprint density at radius 3 is 2.12 bits per heavy atom. The maximum absolute atomic E-state index is 12.7. The van der Waals surface area contributed by atoms with Crippen molar-refractivity contribution in [2.45, 2.75) is 6.92 Å². The molecule has 1 aromatic carbocycles. The number of amides is 1. The number of carbonyl (C=O) groups is 2. The van der Waals surface area contributed by atoms with Gasteiger partial charge in [0.05, 0.1) is 28.0 Å². The lowest BCUT2D eigenvalue weighted by molar-refractivity contribution is -0.127. The van der Waals surface area contributed by atoms with Crippen LogP contribution in [0.5, 0.6) is 0 Å². The summed E-state index contributed by atoms with van der Waals surface area (Å²) in [6, 6.07) is 3.53. The number of fused-ring (bicyclic) bond motifs is 1. The van der Waals surface area contributed by atoms with Gasteiger partial charge in [0.2, 0.25) is 0 Å². The molecule has 0 radical (unpaired) electrons. The van der Waals surface area contributed by atoms with Crippen LogP contribution in [-0.4, -0.2) is 41.6 Å². The fourth-order valence-corrected chi connectivity index (χ4v) is 4.42. The summed E-state index contributed by atoms with van der Waals surface area (Å²) in [5, 5.41) is 0.891. The summed E-state index contributed by atoms with van der Waals surface area (Å²) in [4.78, 5) is 29.6. The molecule has 1 saturated heterocycles. The van der Waals surface area contributed by atoms with E-state index in [9.17, 15) is 9.59 Å². The van der Waals surface area contributed by atoms with Gasteiger partial charge in [-0.3, -0.25) is 14.5 Å². The number of hydrogen-bond donors (Lipinski definition) is 0. The molecule has 2 aliphatic rings. The third-order valence-electron chi connectivity index (χ3n) is 3.81. The highest BCUT2D eigenvalue weighted by Gasteiger charge is 2.40. The topological polar surface area (TPSA) is 43.9 Å². The number of anilines is 2. The van der Waals surface area contributed by atoms with Crippen LogP contribution in [0.1, 0.15) is 6.92 Å². The van der Waals surface area contributed by atoms with Gasteiger partial charge in [0.1, 0.15) is 20.8 Å². The van der Waals surface area contributed by atoms with Gasteiger partial charge in [-0.15, -0.1) is 0 Å². The summed E-state index contributed by atoms with van der Waals surface area (Å²) in [7, 11) is 3.69. The van der Waals surface area contributed by atoms with Gasteiger partial charge in [-0.05, 0) is 19.1 Å². The largest absolute Gasteiger partial charge is 0.328 e. The van der Waals surface area contributed by atoms with Crippen LogP contribution in [0, 0.1) is 0 Å². The molecule has 2 heterocycles. The molecule has 0 aromatic heterocycles. The first-order valence-electron chi connectivity index (χ1n) is 6.96. The normalized spacial score (nSPS) is 17.3. The second-order valence-corrected chi connectivity index (χ2v) is 7.95. The summed E-state index contributed by atoms with van der Waals surface area (Å²) in [5.74, 6) is 0.304. The number of Topliss-reactive ketones (excluding diaryl/α,β-unsaturated/α-hetero) is 1. The molecule has 1 fully saturated rings. The van der Waals surface area contributed by atoms with Crippen LogP contribution >= 0.6 is 47.2 Å². The van der Waals surface area contributed by atoms with Crippen LogP contribution in [0.25, 0.3) is 0 Å². The lowest BCUT2D eigenvalue weighted by Crippen LogP contribution is -2.34. The Morgan fingerprint density at radius 2 is 1.67 bits per heavy atom. The predicted octanol–water partition coefficient (Wildman–Crippen LogP) is 3.50. The number of thiocarbonyl (C=S) groups is 1. The molecule has 24 heavy (non-hydrogen) atoms. The van der Waals surface area contributed by atoms with Crippen LogP contribution in [0.4, 0.5) is 11.4 Å². The van der Waals surface area contributed by atoms with Gasteiger partial charge >= 0.3 is 0 Å². The standard InChI is InChI=1S/C15H13Cl2N3O2S2/c1-7(21)6-20-14(22)12(24-15(20)23)13-18(2)10-4-8(16)9(17)5-11(10)19(13)3/h4-5H,6H2,1-3H3. The Hall–Kier alpha value is -1.28. The molecule has 0 bridgehead atoms. The van der Waals surface area contributed by atoms with Crippen molar-refractivity contribution >= 4 is 74.6 Å². The first-order valence-corrected chi connectivity index (χ1v) is 8.94. The fourth-order valence-electron chi connectivity index (χ4n) is 2.71. The molecule has 9 heteroatoms. The average molecular weight is 402 g/mol. The van der Waals surface area contributed by atoms with E-state index in [1.807, 2.05) is 23.9 Å². The van der Waals surface area contributed by atoms with Gasteiger partial charge in [-0.2, -0.15) is 0 Å². The van der Waals surface area contributed by atoms with Gasteiger partial charge in [0.25, 0.3) is 5.91 Å². The maximum Gasteiger partial charge on any atom is 0.270 e. The number of nitrogens with zero attached hydrogens (tertiary/aromatic N) is 3. The fraction of sp³-hybridized carbons (Fsp3) is 0.267. The Morgan fingerprint density at radius 1 is 1.17 bits per heavy atom. The highest BCUT2D eigenvalue weighted by molar-refractivity contribution is 8.26. The number of benzene rings is 1. The number of carbonyl (C=O) groups excluding carboxylic acids is 2. The van der Waals surface area contributed by atoms with E-state index in [0.29, 0.717) is 25.1 Å². The van der Waals surface area contributed by atoms with Crippen molar-refractivity contribution in [2.24, 2.45) is 0 Å².